The van der Waals surface area contributed by atoms with Gasteiger partial charge in [0.15, 0.2) is 0 Å². The molecule has 138 valence electrons. The van der Waals surface area contributed by atoms with E-state index >= 15 is 0 Å². The molecule has 4 heteroatoms. The molecule has 2 heterocycles. The molecule has 0 bridgehead atoms. The zero-order valence-electron chi connectivity index (χ0n) is 16.0. The predicted molar refractivity (Wildman–Crippen MR) is 122 cm³/mol. The van der Waals surface area contributed by atoms with Gasteiger partial charge in [-0.25, -0.2) is 0 Å². The highest BCUT2D eigenvalue weighted by Gasteiger charge is 2.41. The Morgan fingerprint density at radius 2 is 1.45 bits per heavy atom. The highest BCUT2D eigenvalue weighted by molar-refractivity contribution is 7.99. The fourth-order valence-corrected chi connectivity index (χ4v) is 5.55. The van der Waals surface area contributed by atoms with Gasteiger partial charge in [0.2, 0.25) is 0 Å². The zero-order valence-corrected chi connectivity index (χ0v) is 16.8. The highest BCUT2D eigenvalue weighted by atomic mass is 32.2. The van der Waals surface area contributed by atoms with Crippen molar-refractivity contribution in [2.75, 3.05) is 4.90 Å². The number of fused-ring (bicyclic) bond motifs is 4. The van der Waals surface area contributed by atoms with Gasteiger partial charge in [0.05, 0.1) is 17.1 Å². The minimum atomic E-state index is -0.135. The maximum absolute atomic E-state index is 6.59. The second-order valence-corrected chi connectivity index (χ2v) is 8.56. The van der Waals surface area contributed by atoms with E-state index in [9.17, 15) is 0 Å². The number of aryl methyl sites for hydroxylation is 1. The van der Waals surface area contributed by atoms with Crippen LogP contribution in [-0.4, -0.2) is 6.92 Å². The fourth-order valence-electron chi connectivity index (χ4n) is 4.35. The minimum Gasteiger partial charge on any atom is -0.551 e. The number of nitrogens with zero attached hydrogens (tertiary/aromatic N) is 1. The summed E-state index contributed by atoms with van der Waals surface area (Å²) in [5, 5.41) is 0. The predicted octanol–water partition coefficient (Wildman–Crippen LogP) is 5.43. The van der Waals surface area contributed by atoms with E-state index in [-0.39, 0.29) is 6.92 Å². The van der Waals surface area contributed by atoms with Crippen LogP contribution in [0.25, 0.3) is 0 Å². The number of benzene rings is 4. The van der Waals surface area contributed by atoms with Crippen molar-refractivity contribution in [3.63, 3.8) is 0 Å². The summed E-state index contributed by atoms with van der Waals surface area (Å²) in [5.41, 5.74) is 7.36. The van der Waals surface area contributed by atoms with Gasteiger partial charge in [-0.2, -0.15) is 0 Å². The van der Waals surface area contributed by atoms with Crippen molar-refractivity contribution < 1.29 is 4.65 Å². The molecule has 4 aromatic rings. The van der Waals surface area contributed by atoms with Crippen molar-refractivity contribution in [3.05, 3.63) is 96.6 Å². The van der Waals surface area contributed by atoms with Gasteiger partial charge in [0.1, 0.15) is 0 Å². The lowest BCUT2D eigenvalue weighted by Gasteiger charge is -2.40. The first-order valence-corrected chi connectivity index (χ1v) is 10.6. The lowest BCUT2D eigenvalue weighted by Crippen LogP contribution is -2.54. The van der Waals surface area contributed by atoms with E-state index in [2.05, 4.69) is 72.5 Å². The Morgan fingerprint density at radius 1 is 0.724 bits per heavy atom. The first kappa shape index (κ1) is 16.8. The van der Waals surface area contributed by atoms with Crippen LogP contribution in [0.5, 0.6) is 5.75 Å². The summed E-state index contributed by atoms with van der Waals surface area (Å²) in [6, 6.07) is 32.0. The maximum atomic E-state index is 6.59. The van der Waals surface area contributed by atoms with Gasteiger partial charge in [-0.3, -0.25) is 0 Å². The van der Waals surface area contributed by atoms with Gasteiger partial charge in [-0.1, -0.05) is 71.9 Å². The summed E-state index contributed by atoms with van der Waals surface area (Å²) in [6.45, 7) is 2.03. The molecule has 0 aromatic heterocycles. The van der Waals surface area contributed by atoms with E-state index in [4.69, 9.17) is 4.65 Å². The largest absolute Gasteiger partial charge is 0.551 e. The van der Waals surface area contributed by atoms with E-state index in [1.54, 1.807) is 0 Å². The van der Waals surface area contributed by atoms with Crippen molar-refractivity contribution in [1.82, 2.24) is 0 Å². The van der Waals surface area contributed by atoms with Gasteiger partial charge in [0.25, 0.3) is 0 Å². The lowest BCUT2D eigenvalue weighted by atomic mass is 9.52. The maximum Gasteiger partial charge on any atom is 0.430 e. The van der Waals surface area contributed by atoms with Crippen LogP contribution >= 0.6 is 11.8 Å². The number of hydrogen-bond donors (Lipinski definition) is 0. The monoisotopic (exact) mass is 391 g/mol. The lowest BCUT2D eigenvalue weighted by molar-refractivity contribution is 0.591. The van der Waals surface area contributed by atoms with Gasteiger partial charge >= 0.3 is 6.92 Å². The molecule has 0 amide bonds. The SMILES string of the molecule is Cc1cc2c3c(c1)B(Oc1ccccc1)c1ccccc1N3c1ccccc1S2. The molecule has 6 rings (SSSR count). The van der Waals surface area contributed by atoms with Crippen LogP contribution in [0.1, 0.15) is 5.56 Å². The third-order valence-electron chi connectivity index (χ3n) is 5.54. The Balaban J connectivity index is 1.62. The van der Waals surface area contributed by atoms with E-state index < -0.39 is 0 Å². The van der Waals surface area contributed by atoms with Crippen LogP contribution in [0, 0.1) is 6.92 Å². The second-order valence-electron chi connectivity index (χ2n) is 7.48. The smallest absolute Gasteiger partial charge is 0.430 e. The molecule has 29 heavy (non-hydrogen) atoms. The molecule has 0 fully saturated rings. The molecule has 0 saturated heterocycles. The quantitative estimate of drug-likeness (QED) is 0.373. The van der Waals surface area contributed by atoms with Crippen LogP contribution in [-0.2, 0) is 0 Å². The average molecular weight is 391 g/mol. The Morgan fingerprint density at radius 3 is 2.31 bits per heavy atom. The summed E-state index contributed by atoms with van der Waals surface area (Å²) in [5.74, 6) is 0.889. The first-order valence-electron chi connectivity index (χ1n) is 9.82. The van der Waals surface area contributed by atoms with E-state index in [1.165, 1.54) is 43.3 Å². The second kappa shape index (κ2) is 6.46. The van der Waals surface area contributed by atoms with E-state index in [0.29, 0.717) is 0 Å². The van der Waals surface area contributed by atoms with Crippen LogP contribution in [0.15, 0.2) is 101 Å². The molecule has 0 radical (unpaired) electrons. The molecule has 0 spiro atoms. The van der Waals surface area contributed by atoms with Crippen LogP contribution in [0.4, 0.5) is 17.1 Å². The molecule has 0 unspecified atom stereocenters. The third-order valence-corrected chi connectivity index (χ3v) is 6.63. The Kier molecular flexibility index (Phi) is 3.75. The third kappa shape index (κ3) is 2.60. The number of rotatable bonds is 2. The van der Waals surface area contributed by atoms with Crippen molar-refractivity contribution in [2.24, 2.45) is 0 Å². The number of para-hydroxylation sites is 3. The Bertz CT molecular complexity index is 1240. The number of hydrogen-bond acceptors (Lipinski definition) is 3. The summed E-state index contributed by atoms with van der Waals surface area (Å²) in [6.07, 6.45) is 0. The Labute approximate surface area is 175 Å². The average Bonchev–Trinajstić information content (AvgIpc) is 2.76. The molecule has 2 nitrogen and oxygen atoms in total. The van der Waals surface area contributed by atoms with Gasteiger partial charge in [-0.15, -0.1) is 0 Å². The Hall–Kier alpha value is -3.11. The van der Waals surface area contributed by atoms with Gasteiger partial charge in [-0.05, 0) is 54.2 Å². The molecule has 0 aliphatic carbocycles. The topological polar surface area (TPSA) is 12.5 Å². The molecule has 0 saturated carbocycles. The molecular formula is C25H18BNOS. The fraction of sp³-hybridized carbons (Fsp3) is 0.0400. The molecule has 0 N–H and O–H groups in total. The van der Waals surface area contributed by atoms with Crippen LogP contribution in [0.3, 0.4) is 0 Å². The number of anilines is 3. The zero-order chi connectivity index (χ0) is 19.4. The summed E-state index contributed by atoms with van der Waals surface area (Å²) >= 11 is 1.85. The molecule has 2 aliphatic rings. The molecular weight excluding hydrogens is 373 g/mol. The first-order chi connectivity index (χ1) is 14.3. The summed E-state index contributed by atoms with van der Waals surface area (Å²) in [7, 11) is 0. The molecule has 4 aromatic carbocycles. The van der Waals surface area contributed by atoms with Crippen LogP contribution < -0.4 is 20.5 Å². The van der Waals surface area contributed by atoms with Crippen molar-refractivity contribution >= 4 is 46.7 Å². The van der Waals surface area contributed by atoms with Crippen molar-refractivity contribution in [3.8, 4) is 5.75 Å². The van der Waals surface area contributed by atoms with Gasteiger partial charge < -0.3 is 9.55 Å². The summed E-state index contributed by atoms with van der Waals surface area (Å²) < 4.78 is 6.59. The van der Waals surface area contributed by atoms with Crippen LogP contribution in [0.2, 0.25) is 0 Å². The molecule has 0 atom stereocenters. The normalized spacial score (nSPS) is 13.4. The van der Waals surface area contributed by atoms with E-state index in [1.807, 2.05) is 42.1 Å². The van der Waals surface area contributed by atoms with Gasteiger partial charge in [0, 0.05) is 15.5 Å². The molecule has 2 aliphatic heterocycles. The van der Waals surface area contributed by atoms with E-state index in [0.717, 1.165) is 5.75 Å². The minimum absolute atomic E-state index is 0.135. The van der Waals surface area contributed by atoms with Crippen molar-refractivity contribution in [2.45, 2.75) is 16.7 Å². The standard InChI is InChI=1S/C25H18BNOS/c1-17-15-20-25-24(16-17)29-23-14-8-7-13-22(23)27(25)21-12-6-5-11-19(21)26(20)28-18-9-3-2-4-10-18/h2-16H,1H3. The highest BCUT2D eigenvalue weighted by Crippen LogP contribution is 2.51. The van der Waals surface area contributed by atoms with Crippen molar-refractivity contribution in [1.29, 1.82) is 0 Å². The summed E-state index contributed by atoms with van der Waals surface area (Å²) in [4.78, 5) is 4.99.